The molecule has 0 spiro atoms. The maximum atomic E-state index is 14.1. The summed E-state index contributed by atoms with van der Waals surface area (Å²) in [5, 5.41) is 2.11. The van der Waals surface area contributed by atoms with Crippen LogP contribution in [0, 0.1) is 56.7 Å². The number of allylic oxidation sites excluding steroid dienone is 2. The first-order chi connectivity index (χ1) is 23.6. The lowest BCUT2D eigenvalue weighted by molar-refractivity contribution is -0.225. The van der Waals surface area contributed by atoms with Crippen LogP contribution in [0.15, 0.2) is 48.0 Å². The molecule has 0 radical (unpaired) electrons. The van der Waals surface area contributed by atoms with Crippen LogP contribution in [-0.2, 0) is 19.1 Å². The van der Waals surface area contributed by atoms with Gasteiger partial charge in [0.15, 0.2) is 0 Å². The molecule has 5 nitrogen and oxygen atoms in total. The van der Waals surface area contributed by atoms with Gasteiger partial charge in [0, 0.05) is 0 Å². The summed E-state index contributed by atoms with van der Waals surface area (Å²) in [6.07, 6.45) is 12.2. The lowest BCUT2D eigenvalue weighted by Crippen LogP contribution is -2.66. The van der Waals surface area contributed by atoms with E-state index in [1.54, 1.807) is 12.7 Å². The maximum Gasteiger partial charge on any atom is 0.315 e. The molecule has 7 rings (SSSR count). The number of methoxy groups -OCH3 is 2. The normalized spacial score (nSPS) is 42.9. The predicted octanol–water partition coefficient (Wildman–Crippen LogP) is 10.7. The highest BCUT2D eigenvalue weighted by molar-refractivity contribution is 5.87. The molecule has 0 amide bonds. The third kappa shape index (κ3) is 4.90. The number of fused-ring (bicyclic) bond motifs is 8. The lowest BCUT2D eigenvalue weighted by atomic mass is 9.33. The van der Waals surface area contributed by atoms with Gasteiger partial charge in [0.05, 0.1) is 20.1 Å². The molecule has 2 aromatic rings. The molecule has 5 aliphatic carbocycles. The van der Waals surface area contributed by atoms with Crippen LogP contribution in [0.5, 0.6) is 5.75 Å². The summed E-state index contributed by atoms with van der Waals surface area (Å²) < 4.78 is 17.5. The minimum absolute atomic E-state index is 0.0683. The number of ether oxygens (including phenoxy) is 3. The number of carbonyl (C=O) groups is 2. The Morgan fingerprint density at radius 3 is 2.26 bits per heavy atom. The van der Waals surface area contributed by atoms with E-state index in [0.717, 1.165) is 53.7 Å². The van der Waals surface area contributed by atoms with Crippen molar-refractivity contribution in [2.45, 2.75) is 125 Å². The number of benzene rings is 2. The highest BCUT2D eigenvalue weighted by Crippen LogP contribution is 2.76. The van der Waals surface area contributed by atoms with Gasteiger partial charge in [-0.15, -0.1) is 0 Å². The molecule has 0 bridgehead atoms. The van der Waals surface area contributed by atoms with E-state index < -0.39 is 17.4 Å². The van der Waals surface area contributed by atoms with Gasteiger partial charge in [-0.1, -0.05) is 77.5 Å². The zero-order valence-electron chi connectivity index (χ0n) is 32.5. The van der Waals surface area contributed by atoms with Crippen LogP contribution in [0.25, 0.3) is 10.8 Å². The van der Waals surface area contributed by atoms with Crippen LogP contribution in [0.3, 0.4) is 0 Å². The molecule has 50 heavy (non-hydrogen) atoms. The van der Waals surface area contributed by atoms with E-state index in [2.05, 4.69) is 60.6 Å². The van der Waals surface area contributed by atoms with Crippen molar-refractivity contribution in [3.8, 4) is 5.75 Å². The van der Waals surface area contributed by atoms with E-state index >= 15 is 0 Å². The van der Waals surface area contributed by atoms with Gasteiger partial charge in [0.25, 0.3) is 0 Å². The molecule has 0 aliphatic heterocycles. The molecule has 0 aromatic heterocycles. The molecule has 5 heteroatoms. The molecule has 0 heterocycles. The molecule has 0 saturated heterocycles. The van der Waals surface area contributed by atoms with E-state index in [0.29, 0.717) is 29.6 Å². The first-order valence-corrected chi connectivity index (χ1v) is 19.6. The summed E-state index contributed by atoms with van der Waals surface area (Å²) in [7, 11) is 3.17. The monoisotopic (exact) mass is 682 g/mol. The fourth-order valence-electron chi connectivity index (χ4n) is 13.2. The summed E-state index contributed by atoms with van der Waals surface area (Å²) in [5.41, 5.74) is 2.41. The van der Waals surface area contributed by atoms with Crippen LogP contribution in [0.2, 0.25) is 0 Å². The minimum Gasteiger partial charge on any atom is -0.497 e. The molecule has 12 atom stereocenters. The van der Waals surface area contributed by atoms with Gasteiger partial charge < -0.3 is 14.2 Å². The Kier molecular flexibility index (Phi) is 8.63. The molecule has 0 N–H and O–H groups in total. The van der Waals surface area contributed by atoms with E-state index in [1.807, 2.05) is 37.3 Å². The van der Waals surface area contributed by atoms with Crippen molar-refractivity contribution in [2.24, 2.45) is 56.7 Å². The summed E-state index contributed by atoms with van der Waals surface area (Å²) in [6.45, 7) is 19.3. The minimum atomic E-state index is -0.915. The first-order valence-electron chi connectivity index (χ1n) is 19.6. The summed E-state index contributed by atoms with van der Waals surface area (Å²) in [6, 6.07) is 12.1. The van der Waals surface area contributed by atoms with Gasteiger partial charge in [-0.3, -0.25) is 9.59 Å². The quantitative estimate of drug-likeness (QED) is 0.232. The second kappa shape index (κ2) is 12.1. The first kappa shape index (κ1) is 35.6. The SMILES string of the molecule is COC(=O)[C@]1(C)[C@@H]2CC[C@]3(C)[C@H](CC=C4[C@@H]5[C@@H](C)[C@H](C)CC[C@]5(C)CC[C@]43C)[C@@]2(C)CC[C@H]1OC(=O)C(C)c1ccc2cc(OC)ccc2c1. The van der Waals surface area contributed by atoms with E-state index in [1.165, 1.54) is 32.8 Å². The molecule has 4 fully saturated rings. The van der Waals surface area contributed by atoms with Crippen molar-refractivity contribution in [1.29, 1.82) is 0 Å². The maximum absolute atomic E-state index is 14.1. The number of rotatable bonds is 5. The molecule has 5 aliphatic rings. The van der Waals surface area contributed by atoms with Crippen LogP contribution >= 0.6 is 0 Å². The Morgan fingerprint density at radius 2 is 1.54 bits per heavy atom. The molecule has 272 valence electrons. The van der Waals surface area contributed by atoms with Crippen LogP contribution in [0.1, 0.15) is 125 Å². The largest absolute Gasteiger partial charge is 0.497 e. The second-order valence-corrected chi connectivity index (χ2v) is 18.7. The molecule has 1 unspecified atom stereocenters. The van der Waals surface area contributed by atoms with E-state index in [9.17, 15) is 9.59 Å². The van der Waals surface area contributed by atoms with Crippen molar-refractivity contribution in [3.63, 3.8) is 0 Å². The van der Waals surface area contributed by atoms with Crippen molar-refractivity contribution >= 4 is 22.7 Å². The number of esters is 2. The fraction of sp³-hybridized carbons (Fsp3) is 0.689. The highest BCUT2D eigenvalue weighted by atomic mass is 16.6. The van der Waals surface area contributed by atoms with E-state index in [4.69, 9.17) is 14.2 Å². The zero-order chi connectivity index (χ0) is 36.0. The Bertz CT molecular complexity index is 1710. The van der Waals surface area contributed by atoms with E-state index in [-0.39, 0.29) is 34.1 Å². The van der Waals surface area contributed by atoms with Gasteiger partial charge in [-0.25, -0.2) is 0 Å². The van der Waals surface area contributed by atoms with Crippen molar-refractivity contribution < 1.29 is 23.8 Å². The van der Waals surface area contributed by atoms with Crippen molar-refractivity contribution in [1.82, 2.24) is 0 Å². The third-order valence-corrected chi connectivity index (χ3v) is 16.8. The average molecular weight is 683 g/mol. The Labute approximate surface area is 301 Å². The Morgan fingerprint density at radius 1 is 0.820 bits per heavy atom. The van der Waals surface area contributed by atoms with Gasteiger partial charge >= 0.3 is 11.9 Å². The Hall–Kier alpha value is -2.82. The number of carbonyl (C=O) groups excluding carboxylic acids is 2. The average Bonchev–Trinajstić information content (AvgIpc) is 3.10. The Balaban J connectivity index is 1.18. The van der Waals surface area contributed by atoms with Crippen molar-refractivity contribution in [3.05, 3.63) is 53.6 Å². The smallest absolute Gasteiger partial charge is 0.315 e. The highest BCUT2D eigenvalue weighted by Gasteiger charge is 2.70. The third-order valence-electron chi connectivity index (χ3n) is 16.8. The lowest BCUT2D eigenvalue weighted by Gasteiger charge is -2.71. The zero-order valence-corrected chi connectivity index (χ0v) is 32.5. The summed E-state index contributed by atoms with van der Waals surface area (Å²) in [5.74, 6) is 2.49. The van der Waals surface area contributed by atoms with Crippen LogP contribution < -0.4 is 4.74 Å². The van der Waals surface area contributed by atoms with Crippen LogP contribution in [0.4, 0.5) is 0 Å². The predicted molar refractivity (Wildman–Crippen MR) is 200 cm³/mol. The van der Waals surface area contributed by atoms with Gasteiger partial charge in [-0.2, -0.15) is 0 Å². The van der Waals surface area contributed by atoms with Crippen LogP contribution in [-0.4, -0.2) is 32.3 Å². The van der Waals surface area contributed by atoms with Crippen molar-refractivity contribution in [2.75, 3.05) is 14.2 Å². The summed E-state index contributed by atoms with van der Waals surface area (Å²) in [4.78, 5) is 28.0. The van der Waals surface area contributed by atoms with Gasteiger partial charge in [0.2, 0.25) is 0 Å². The van der Waals surface area contributed by atoms with Gasteiger partial charge in [-0.05, 0) is 151 Å². The fourth-order valence-corrected chi connectivity index (χ4v) is 13.2. The second-order valence-electron chi connectivity index (χ2n) is 18.7. The topological polar surface area (TPSA) is 61.8 Å². The number of hydrogen-bond donors (Lipinski definition) is 0. The molecular formula is C45H62O5. The molecule has 4 saturated carbocycles. The molecular weight excluding hydrogens is 620 g/mol. The number of hydrogen-bond acceptors (Lipinski definition) is 5. The summed E-state index contributed by atoms with van der Waals surface area (Å²) >= 11 is 0. The standard InChI is InChI=1S/C45H62O5/c1-27-17-20-41(4)23-24-43(6)34(38(41)28(27)2)15-16-35-42(5)21-19-37(45(8,40(47)49-10)36(42)18-22-44(35,43)7)50-39(46)29(3)30-11-12-32-26-33(48-9)14-13-31(32)25-30/h11-15,25-29,35-38H,16-24H2,1-10H3/t27-,28+,29?,35-,36-,37-,38+,41-,42-,43-,44-,45-/m1/s1. The van der Waals surface area contributed by atoms with Gasteiger partial charge in [0.1, 0.15) is 17.3 Å². The molecule has 2 aromatic carbocycles.